The SMILES string of the molecule is C[C@H]1Oc2ccc(F)cc2N(CCOC(=O)NCCCS)C(=O)[C@H]1NC(=O)[C@@](C)(O)C(=O)NCC(F)(F)C(F)(F)F. The number of hydrogen-bond donors (Lipinski definition) is 5. The third-order valence-electron chi connectivity index (χ3n) is 5.73. The lowest BCUT2D eigenvalue weighted by molar-refractivity contribution is -0.278. The van der Waals surface area contributed by atoms with Crippen LogP contribution in [0.3, 0.4) is 0 Å². The van der Waals surface area contributed by atoms with E-state index in [4.69, 9.17) is 9.47 Å². The summed E-state index contributed by atoms with van der Waals surface area (Å²) in [6.45, 7) is -0.975. The fraction of sp³-hybridized carbons (Fsp3) is 0.565. The number of rotatable bonds is 11. The monoisotopic (exact) mass is 618 g/mol. The molecule has 3 atom stereocenters. The maximum Gasteiger partial charge on any atom is 0.455 e. The molecule has 1 aromatic carbocycles. The van der Waals surface area contributed by atoms with E-state index in [9.17, 15) is 50.6 Å². The number of thiol groups is 1. The summed E-state index contributed by atoms with van der Waals surface area (Å²) in [7, 11) is 0. The highest BCUT2D eigenvalue weighted by Crippen LogP contribution is 2.35. The first kappa shape index (κ1) is 33.8. The number of hydrogen-bond acceptors (Lipinski definition) is 8. The molecule has 0 spiro atoms. The zero-order valence-corrected chi connectivity index (χ0v) is 22.6. The molecule has 4 N–H and O–H groups in total. The minimum atomic E-state index is -6.01. The summed E-state index contributed by atoms with van der Waals surface area (Å²) in [6, 6.07) is 1.44. The van der Waals surface area contributed by atoms with Crippen molar-refractivity contribution < 1.29 is 60.1 Å². The third kappa shape index (κ3) is 8.54. The van der Waals surface area contributed by atoms with E-state index in [0.717, 1.165) is 22.3 Å². The van der Waals surface area contributed by atoms with Crippen molar-refractivity contribution in [3.8, 4) is 5.75 Å². The molecule has 230 valence electrons. The molecule has 0 unspecified atom stereocenters. The van der Waals surface area contributed by atoms with Crippen LogP contribution in [-0.4, -0.2) is 90.8 Å². The van der Waals surface area contributed by atoms with Crippen LogP contribution in [0.2, 0.25) is 0 Å². The van der Waals surface area contributed by atoms with E-state index in [1.807, 2.05) is 5.32 Å². The van der Waals surface area contributed by atoms with Gasteiger partial charge in [-0.3, -0.25) is 14.4 Å². The van der Waals surface area contributed by atoms with Gasteiger partial charge in [0.25, 0.3) is 17.7 Å². The molecule has 1 heterocycles. The van der Waals surface area contributed by atoms with Gasteiger partial charge in [0.15, 0.2) is 0 Å². The predicted molar refractivity (Wildman–Crippen MR) is 133 cm³/mol. The fourth-order valence-corrected chi connectivity index (χ4v) is 3.52. The molecule has 4 amide bonds. The standard InChI is InChI=1S/C23H28F6N4O7S/c1-12-16(32-19(36)21(2,38)18(35)31-11-22(25,26)23(27,28)29)17(34)33(7-8-39-20(37)30-6-3-9-41)14-10-13(24)4-5-15(14)40-12/h4-5,10,12,16,38,41H,3,6-9,11H2,1-2H3,(H,30,37)(H,31,35)(H,32,36)/t12-,16+,21+/m1/s1. The lowest BCUT2D eigenvalue weighted by Crippen LogP contribution is -2.63. The molecule has 1 aliphatic rings. The highest BCUT2D eigenvalue weighted by atomic mass is 32.1. The lowest BCUT2D eigenvalue weighted by atomic mass is 10.0. The maximum absolute atomic E-state index is 14.1. The molecule has 1 aromatic rings. The van der Waals surface area contributed by atoms with Gasteiger partial charge in [-0.15, -0.1) is 0 Å². The van der Waals surface area contributed by atoms with Gasteiger partial charge in [0.1, 0.15) is 30.3 Å². The normalized spacial score (nSPS) is 18.8. The molecular weight excluding hydrogens is 590 g/mol. The Kier molecular flexibility index (Phi) is 11.1. The van der Waals surface area contributed by atoms with Gasteiger partial charge >= 0.3 is 18.2 Å². The number of alkyl carbamates (subject to hydrolysis) is 1. The summed E-state index contributed by atoms with van der Waals surface area (Å²) in [6.07, 6.45) is -7.51. The Labute approximate surface area is 235 Å². The summed E-state index contributed by atoms with van der Waals surface area (Å²) in [5, 5.41) is 16.0. The van der Waals surface area contributed by atoms with E-state index in [1.54, 1.807) is 0 Å². The van der Waals surface area contributed by atoms with Crippen LogP contribution < -0.4 is 25.6 Å². The summed E-state index contributed by atoms with van der Waals surface area (Å²) >= 11 is 4.00. The van der Waals surface area contributed by atoms with Gasteiger partial charge < -0.3 is 35.4 Å². The quantitative estimate of drug-likeness (QED) is 0.110. The number of ether oxygens (including phenoxy) is 2. The first-order chi connectivity index (χ1) is 18.9. The Morgan fingerprint density at radius 3 is 2.41 bits per heavy atom. The molecule has 0 saturated heterocycles. The van der Waals surface area contributed by atoms with Gasteiger partial charge in [0, 0.05) is 12.6 Å². The molecular formula is C23H28F6N4O7S. The number of carbonyl (C=O) groups excluding carboxylic acids is 4. The molecule has 0 saturated carbocycles. The number of nitrogens with one attached hydrogen (secondary N) is 3. The van der Waals surface area contributed by atoms with E-state index >= 15 is 0 Å². The summed E-state index contributed by atoms with van der Waals surface area (Å²) in [5.41, 5.74) is -3.33. The van der Waals surface area contributed by atoms with Crippen molar-refractivity contribution in [2.75, 3.05) is 36.9 Å². The third-order valence-corrected chi connectivity index (χ3v) is 6.05. The van der Waals surface area contributed by atoms with Crippen LogP contribution >= 0.6 is 12.6 Å². The van der Waals surface area contributed by atoms with Crippen LogP contribution in [0.25, 0.3) is 0 Å². The number of nitrogens with zero attached hydrogens (tertiary/aromatic N) is 1. The van der Waals surface area contributed by atoms with Crippen molar-refractivity contribution in [1.82, 2.24) is 16.0 Å². The lowest BCUT2D eigenvalue weighted by Gasteiger charge is -2.29. The van der Waals surface area contributed by atoms with Crippen molar-refractivity contribution in [3.05, 3.63) is 24.0 Å². The second kappa shape index (κ2) is 13.5. The van der Waals surface area contributed by atoms with Crippen LogP contribution in [0.15, 0.2) is 18.2 Å². The van der Waals surface area contributed by atoms with Crippen molar-refractivity contribution >= 4 is 42.1 Å². The molecule has 18 heteroatoms. The fourth-order valence-electron chi connectivity index (χ4n) is 3.37. The smallest absolute Gasteiger partial charge is 0.455 e. The van der Waals surface area contributed by atoms with Crippen LogP contribution in [0.5, 0.6) is 5.75 Å². The summed E-state index contributed by atoms with van der Waals surface area (Å²) in [5.74, 6) is -10.2. The predicted octanol–water partition coefficient (Wildman–Crippen LogP) is 1.54. The van der Waals surface area contributed by atoms with Gasteiger partial charge in [0.05, 0.1) is 18.8 Å². The van der Waals surface area contributed by atoms with Crippen molar-refractivity contribution in [3.63, 3.8) is 0 Å². The van der Waals surface area contributed by atoms with Crippen LogP contribution in [0.1, 0.15) is 20.3 Å². The number of carbonyl (C=O) groups is 4. The van der Waals surface area contributed by atoms with Gasteiger partial charge in [-0.05, 0) is 38.2 Å². The van der Waals surface area contributed by atoms with Gasteiger partial charge in [-0.2, -0.15) is 34.6 Å². The van der Waals surface area contributed by atoms with Gasteiger partial charge in [-0.1, -0.05) is 0 Å². The van der Waals surface area contributed by atoms with Crippen LogP contribution in [0.4, 0.5) is 36.8 Å². The molecule has 0 aromatic heterocycles. The number of amides is 4. The summed E-state index contributed by atoms with van der Waals surface area (Å²) < 4.78 is 88.2. The van der Waals surface area contributed by atoms with E-state index < -0.39 is 72.6 Å². The largest absolute Gasteiger partial charge is 0.486 e. The Balaban J connectivity index is 2.21. The van der Waals surface area contributed by atoms with Crippen LogP contribution in [-0.2, 0) is 19.1 Å². The van der Waals surface area contributed by atoms with Crippen molar-refractivity contribution in [2.24, 2.45) is 0 Å². The first-order valence-corrected chi connectivity index (χ1v) is 12.6. The molecule has 0 bridgehead atoms. The van der Waals surface area contributed by atoms with E-state index in [1.165, 1.54) is 13.0 Å². The van der Waals surface area contributed by atoms with E-state index in [0.29, 0.717) is 19.1 Å². The molecule has 2 rings (SSSR count). The molecule has 0 fully saturated rings. The highest BCUT2D eigenvalue weighted by molar-refractivity contribution is 7.80. The molecule has 1 aliphatic heterocycles. The zero-order chi connectivity index (χ0) is 31.2. The van der Waals surface area contributed by atoms with E-state index in [2.05, 4.69) is 17.9 Å². The average Bonchev–Trinajstić information content (AvgIpc) is 2.96. The average molecular weight is 619 g/mol. The molecule has 41 heavy (non-hydrogen) atoms. The van der Waals surface area contributed by atoms with E-state index in [-0.39, 0.29) is 24.5 Å². The first-order valence-electron chi connectivity index (χ1n) is 12.0. The molecule has 11 nitrogen and oxygen atoms in total. The Morgan fingerprint density at radius 1 is 1.15 bits per heavy atom. The van der Waals surface area contributed by atoms with Crippen LogP contribution in [0, 0.1) is 5.82 Å². The number of anilines is 1. The van der Waals surface area contributed by atoms with Gasteiger partial charge in [0.2, 0.25) is 5.60 Å². The number of benzene rings is 1. The maximum atomic E-state index is 14.1. The summed E-state index contributed by atoms with van der Waals surface area (Å²) in [4.78, 5) is 51.1. The number of aliphatic hydroxyl groups is 1. The second-order valence-electron chi connectivity index (χ2n) is 8.97. The Hall–Kier alpha value is -3.41. The molecule has 0 aliphatic carbocycles. The number of halogens is 6. The highest BCUT2D eigenvalue weighted by Gasteiger charge is 2.58. The Morgan fingerprint density at radius 2 is 1.80 bits per heavy atom. The molecule has 0 radical (unpaired) electrons. The Bertz CT molecular complexity index is 1140. The second-order valence-corrected chi connectivity index (χ2v) is 9.42. The number of alkyl halides is 5. The minimum Gasteiger partial charge on any atom is -0.486 e. The zero-order valence-electron chi connectivity index (χ0n) is 21.7. The van der Waals surface area contributed by atoms with Crippen molar-refractivity contribution in [2.45, 2.75) is 50.1 Å². The van der Waals surface area contributed by atoms with Gasteiger partial charge in [-0.25, -0.2) is 9.18 Å². The topological polar surface area (TPSA) is 146 Å². The van der Waals surface area contributed by atoms with Crippen molar-refractivity contribution in [1.29, 1.82) is 0 Å². The number of fused-ring (bicyclic) bond motifs is 1. The minimum absolute atomic E-state index is 0.0267.